The van der Waals surface area contributed by atoms with Crippen molar-refractivity contribution in [1.29, 1.82) is 0 Å². The van der Waals surface area contributed by atoms with Crippen LogP contribution in [0.3, 0.4) is 0 Å². The Morgan fingerprint density at radius 2 is 1.29 bits per heavy atom. The van der Waals surface area contributed by atoms with Crippen LogP contribution < -0.4 is 0 Å². The molecular formula is C19H16O2. The molecule has 0 amide bonds. The van der Waals surface area contributed by atoms with E-state index in [-0.39, 0.29) is 11.5 Å². The van der Waals surface area contributed by atoms with Gasteiger partial charge in [-0.2, -0.15) is 0 Å². The summed E-state index contributed by atoms with van der Waals surface area (Å²) in [6.45, 7) is 2.08. The molecule has 0 spiro atoms. The van der Waals surface area contributed by atoms with Crippen molar-refractivity contribution < 1.29 is 10.2 Å². The Morgan fingerprint density at radius 3 is 2.05 bits per heavy atom. The van der Waals surface area contributed by atoms with Gasteiger partial charge in [-0.05, 0) is 41.3 Å². The maximum atomic E-state index is 10.0. The van der Waals surface area contributed by atoms with Crippen LogP contribution in [0.4, 0.5) is 0 Å². The molecule has 3 aromatic carbocycles. The predicted octanol–water partition coefficient (Wildman–Crippen LogP) is 4.74. The summed E-state index contributed by atoms with van der Waals surface area (Å²) in [5, 5.41) is 19.7. The fourth-order valence-corrected chi connectivity index (χ4v) is 2.52. The van der Waals surface area contributed by atoms with Gasteiger partial charge in [0.25, 0.3) is 0 Å². The highest BCUT2D eigenvalue weighted by atomic mass is 16.3. The maximum absolute atomic E-state index is 10.0. The summed E-state index contributed by atoms with van der Waals surface area (Å²) in [5.74, 6) is -0.187. The number of rotatable bonds is 2. The summed E-state index contributed by atoms with van der Waals surface area (Å²) in [5.41, 5.74) is 4.97. The zero-order chi connectivity index (χ0) is 14.8. The minimum Gasteiger partial charge on any atom is -0.504 e. The van der Waals surface area contributed by atoms with Gasteiger partial charge in [0.1, 0.15) is 0 Å². The molecule has 3 aromatic rings. The first-order valence-corrected chi connectivity index (χ1v) is 6.84. The van der Waals surface area contributed by atoms with E-state index in [2.05, 4.69) is 19.1 Å². The first-order valence-electron chi connectivity index (χ1n) is 6.84. The third kappa shape index (κ3) is 2.48. The Morgan fingerprint density at radius 1 is 0.667 bits per heavy atom. The normalized spacial score (nSPS) is 10.5. The van der Waals surface area contributed by atoms with Gasteiger partial charge in [-0.1, -0.05) is 54.6 Å². The third-order valence-electron chi connectivity index (χ3n) is 3.64. The van der Waals surface area contributed by atoms with Crippen molar-refractivity contribution in [3.63, 3.8) is 0 Å². The number of aromatic hydroxyl groups is 2. The lowest BCUT2D eigenvalue weighted by Crippen LogP contribution is -1.85. The summed E-state index contributed by atoms with van der Waals surface area (Å²) >= 11 is 0. The van der Waals surface area contributed by atoms with Gasteiger partial charge in [0, 0.05) is 5.56 Å². The van der Waals surface area contributed by atoms with Crippen LogP contribution in [0.1, 0.15) is 5.56 Å². The molecule has 0 aliphatic carbocycles. The van der Waals surface area contributed by atoms with Gasteiger partial charge < -0.3 is 10.2 Å². The maximum Gasteiger partial charge on any atom is 0.165 e. The van der Waals surface area contributed by atoms with Crippen LogP contribution in [-0.2, 0) is 0 Å². The second-order valence-electron chi connectivity index (χ2n) is 5.07. The van der Waals surface area contributed by atoms with Crippen LogP contribution >= 0.6 is 0 Å². The highest BCUT2D eigenvalue weighted by molar-refractivity contribution is 5.78. The monoisotopic (exact) mass is 276 g/mol. The first kappa shape index (κ1) is 13.3. The molecular weight excluding hydrogens is 260 g/mol. The van der Waals surface area contributed by atoms with Gasteiger partial charge in [0.15, 0.2) is 11.5 Å². The molecule has 0 unspecified atom stereocenters. The van der Waals surface area contributed by atoms with E-state index in [0.717, 1.165) is 11.1 Å². The minimum absolute atomic E-state index is 0.0839. The van der Waals surface area contributed by atoms with Crippen molar-refractivity contribution in [2.75, 3.05) is 0 Å². The fourth-order valence-electron chi connectivity index (χ4n) is 2.52. The van der Waals surface area contributed by atoms with E-state index in [1.165, 1.54) is 17.2 Å². The quantitative estimate of drug-likeness (QED) is 0.664. The smallest absolute Gasteiger partial charge is 0.165 e. The summed E-state index contributed by atoms with van der Waals surface area (Å²) in [6.07, 6.45) is 0. The van der Waals surface area contributed by atoms with Crippen LogP contribution in [0.5, 0.6) is 11.5 Å². The zero-order valence-electron chi connectivity index (χ0n) is 11.7. The van der Waals surface area contributed by atoms with Gasteiger partial charge in [-0.25, -0.2) is 0 Å². The van der Waals surface area contributed by atoms with Gasteiger partial charge >= 0.3 is 0 Å². The summed E-state index contributed by atoms with van der Waals surface area (Å²) < 4.78 is 0. The largest absolute Gasteiger partial charge is 0.504 e. The summed E-state index contributed by atoms with van der Waals surface area (Å²) in [6, 6.07) is 21.1. The third-order valence-corrected chi connectivity index (χ3v) is 3.64. The van der Waals surface area contributed by atoms with Crippen molar-refractivity contribution in [3.8, 4) is 33.8 Å². The number of phenols is 2. The molecule has 2 N–H and O–H groups in total. The number of aryl methyl sites for hydroxylation is 1. The van der Waals surface area contributed by atoms with Crippen molar-refractivity contribution in [2.24, 2.45) is 0 Å². The minimum atomic E-state index is -0.103. The molecule has 0 aliphatic heterocycles. The van der Waals surface area contributed by atoms with Crippen LogP contribution in [0.2, 0.25) is 0 Å². The molecule has 2 nitrogen and oxygen atoms in total. The van der Waals surface area contributed by atoms with Gasteiger partial charge in [0.05, 0.1) is 0 Å². The molecule has 0 aromatic heterocycles. The van der Waals surface area contributed by atoms with E-state index in [1.807, 2.05) is 36.4 Å². The van der Waals surface area contributed by atoms with E-state index in [1.54, 1.807) is 12.1 Å². The molecule has 0 heterocycles. The van der Waals surface area contributed by atoms with Gasteiger partial charge in [0.2, 0.25) is 0 Å². The summed E-state index contributed by atoms with van der Waals surface area (Å²) in [4.78, 5) is 0. The number of hydrogen-bond donors (Lipinski definition) is 2. The average Bonchev–Trinajstić information content (AvgIpc) is 2.51. The molecule has 0 aliphatic rings. The number of benzene rings is 3. The van der Waals surface area contributed by atoms with Crippen molar-refractivity contribution in [3.05, 3.63) is 72.3 Å². The second kappa shape index (κ2) is 5.33. The highest BCUT2D eigenvalue weighted by Gasteiger charge is 2.09. The Hall–Kier alpha value is -2.74. The number of para-hydroxylation sites is 1. The topological polar surface area (TPSA) is 40.5 Å². The number of hydrogen-bond acceptors (Lipinski definition) is 2. The van der Waals surface area contributed by atoms with E-state index in [9.17, 15) is 10.2 Å². The van der Waals surface area contributed by atoms with Crippen molar-refractivity contribution >= 4 is 0 Å². The van der Waals surface area contributed by atoms with Gasteiger partial charge in [-0.15, -0.1) is 0 Å². The lowest BCUT2D eigenvalue weighted by atomic mass is 9.96. The molecule has 3 rings (SSSR count). The van der Waals surface area contributed by atoms with Crippen LogP contribution in [0.25, 0.3) is 22.3 Å². The zero-order valence-corrected chi connectivity index (χ0v) is 11.7. The lowest BCUT2D eigenvalue weighted by Gasteiger charge is -2.10. The molecule has 0 radical (unpaired) electrons. The molecule has 0 bridgehead atoms. The predicted molar refractivity (Wildman–Crippen MR) is 85.4 cm³/mol. The van der Waals surface area contributed by atoms with E-state index in [0.29, 0.717) is 5.56 Å². The molecule has 0 saturated carbocycles. The van der Waals surface area contributed by atoms with Crippen molar-refractivity contribution in [2.45, 2.75) is 6.92 Å². The molecule has 0 saturated heterocycles. The van der Waals surface area contributed by atoms with Gasteiger partial charge in [-0.3, -0.25) is 0 Å². The van der Waals surface area contributed by atoms with Crippen LogP contribution in [0.15, 0.2) is 66.7 Å². The Balaban J connectivity index is 2.13. The Bertz CT molecular complexity index is 791. The van der Waals surface area contributed by atoms with E-state index in [4.69, 9.17) is 0 Å². The van der Waals surface area contributed by atoms with Crippen molar-refractivity contribution in [1.82, 2.24) is 0 Å². The molecule has 0 fully saturated rings. The van der Waals surface area contributed by atoms with Crippen LogP contribution in [-0.4, -0.2) is 10.2 Å². The average molecular weight is 276 g/mol. The molecule has 0 atom stereocenters. The summed E-state index contributed by atoms with van der Waals surface area (Å²) in [7, 11) is 0. The highest BCUT2D eigenvalue weighted by Crippen LogP contribution is 2.37. The number of phenolic OH excluding ortho intramolecular Hbond substituents is 2. The van der Waals surface area contributed by atoms with E-state index < -0.39 is 0 Å². The van der Waals surface area contributed by atoms with E-state index >= 15 is 0 Å². The SMILES string of the molecule is Cc1ccccc1-c1cccc(-c2cccc(O)c2O)c1. The molecule has 2 heteroatoms. The van der Waals surface area contributed by atoms with Crippen LogP contribution in [0, 0.1) is 6.92 Å². The Kier molecular flexibility index (Phi) is 3.36. The second-order valence-corrected chi connectivity index (χ2v) is 5.07. The Labute approximate surface area is 123 Å². The molecule has 21 heavy (non-hydrogen) atoms. The molecule has 104 valence electrons. The lowest BCUT2D eigenvalue weighted by molar-refractivity contribution is 0.405. The fraction of sp³-hybridized carbons (Fsp3) is 0.0526. The standard InChI is InChI=1S/C19H16O2/c1-13-6-2-3-9-16(13)14-7-4-8-15(12-14)17-10-5-11-18(20)19(17)21/h2-12,20-21H,1H3. The first-order chi connectivity index (χ1) is 10.2.